The zero-order chi connectivity index (χ0) is 19.2. The highest BCUT2D eigenvalue weighted by Crippen LogP contribution is 2.40. The second-order valence-electron chi connectivity index (χ2n) is 6.76. The van der Waals surface area contributed by atoms with Crippen molar-refractivity contribution in [1.29, 1.82) is 0 Å². The van der Waals surface area contributed by atoms with E-state index in [-0.39, 0.29) is 6.04 Å². The van der Waals surface area contributed by atoms with Crippen LogP contribution in [-0.2, 0) is 0 Å². The minimum atomic E-state index is -4.46. The number of aryl methyl sites for hydroxylation is 1. The first-order valence-corrected chi connectivity index (χ1v) is 8.65. The zero-order valence-corrected chi connectivity index (χ0v) is 14.6. The molecule has 6 nitrogen and oxygen atoms in total. The first-order valence-electron chi connectivity index (χ1n) is 8.65. The number of carbonyl (C=O) groups is 1. The number of urea groups is 1. The maximum Gasteiger partial charge on any atom is 0.405 e. The molecule has 0 aliphatic carbocycles. The average Bonchev–Trinajstić information content (AvgIpc) is 3.04. The molecule has 0 aromatic carbocycles. The molecule has 0 radical (unpaired) electrons. The van der Waals surface area contributed by atoms with Crippen molar-refractivity contribution in [1.82, 2.24) is 15.3 Å². The summed E-state index contributed by atoms with van der Waals surface area (Å²) in [6.07, 6.45) is -2.08. The van der Waals surface area contributed by atoms with Crippen molar-refractivity contribution in [3.63, 3.8) is 0 Å². The van der Waals surface area contributed by atoms with Gasteiger partial charge >= 0.3 is 12.2 Å². The first kappa shape index (κ1) is 17.6. The van der Waals surface area contributed by atoms with Gasteiger partial charge in [-0.3, -0.25) is 9.88 Å². The molecule has 2 aromatic heterocycles. The standard InChI is InChI=1S/C18H18F3N5O/c1-11-2-3-12(8-22-11)14-4-5-15-16(24-14)26(13-6-7-25(15)9-13)17(27)23-10-18(19,20)21/h2-5,8,13H,6-7,9-10H2,1H3,(H,23,27). The molecule has 27 heavy (non-hydrogen) atoms. The molecule has 2 aliphatic rings. The van der Waals surface area contributed by atoms with Crippen molar-refractivity contribution >= 4 is 17.5 Å². The number of halogens is 3. The van der Waals surface area contributed by atoms with Crippen molar-refractivity contribution in [3.05, 3.63) is 36.2 Å². The molecule has 0 saturated carbocycles. The number of anilines is 2. The maximum absolute atomic E-state index is 12.5. The third-order valence-electron chi connectivity index (χ3n) is 4.82. The highest BCUT2D eigenvalue weighted by molar-refractivity contribution is 5.97. The molecule has 2 aliphatic heterocycles. The van der Waals surface area contributed by atoms with Gasteiger partial charge < -0.3 is 10.2 Å². The fourth-order valence-corrected chi connectivity index (χ4v) is 3.51. The van der Waals surface area contributed by atoms with Gasteiger partial charge in [0.05, 0.1) is 17.4 Å². The van der Waals surface area contributed by atoms with E-state index in [1.807, 2.05) is 36.5 Å². The predicted octanol–water partition coefficient (Wildman–Crippen LogP) is 3.12. The Morgan fingerprint density at radius 3 is 2.81 bits per heavy atom. The van der Waals surface area contributed by atoms with Crippen molar-refractivity contribution in [2.75, 3.05) is 29.4 Å². The van der Waals surface area contributed by atoms with Crippen LogP contribution in [0.1, 0.15) is 12.1 Å². The van der Waals surface area contributed by atoms with Crippen LogP contribution in [0, 0.1) is 6.92 Å². The molecule has 9 heteroatoms. The van der Waals surface area contributed by atoms with Crippen LogP contribution < -0.4 is 15.1 Å². The molecule has 142 valence electrons. The van der Waals surface area contributed by atoms with E-state index in [0.717, 1.165) is 23.5 Å². The molecule has 2 aromatic rings. The van der Waals surface area contributed by atoms with Gasteiger partial charge in [0, 0.05) is 30.5 Å². The van der Waals surface area contributed by atoms with Gasteiger partial charge in [0.15, 0.2) is 5.82 Å². The van der Waals surface area contributed by atoms with E-state index in [1.165, 1.54) is 4.90 Å². The van der Waals surface area contributed by atoms with E-state index in [2.05, 4.69) is 14.9 Å². The average molecular weight is 377 g/mol. The summed E-state index contributed by atoms with van der Waals surface area (Å²) in [6, 6.07) is 6.48. The normalized spacial score (nSPS) is 18.4. The van der Waals surface area contributed by atoms with Gasteiger partial charge in [0.2, 0.25) is 0 Å². The fourth-order valence-electron chi connectivity index (χ4n) is 3.51. The first-order chi connectivity index (χ1) is 12.8. The van der Waals surface area contributed by atoms with E-state index in [0.29, 0.717) is 24.5 Å². The largest absolute Gasteiger partial charge is 0.405 e. The van der Waals surface area contributed by atoms with Crippen molar-refractivity contribution in [2.45, 2.75) is 25.6 Å². The van der Waals surface area contributed by atoms with E-state index < -0.39 is 18.8 Å². The zero-order valence-electron chi connectivity index (χ0n) is 14.6. The van der Waals surface area contributed by atoms with Gasteiger partial charge in [-0.1, -0.05) is 0 Å². The number of fused-ring (bicyclic) bond motifs is 4. The second kappa shape index (κ2) is 6.40. The summed E-state index contributed by atoms with van der Waals surface area (Å²) in [6.45, 7) is 1.85. The lowest BCUT2D eigenvalue weighted by molar-refractivity contribution is -0.122. The summed E-state index contributed by atoms with van der Waals surface area (Å²) in [5.41, 5.74) is 3.04. The van der Waals surface area contributed by atoms with Crippen LogP contribution in [0.3, 0.4) is 0 Å². The Bertz CT molecular complexity index is 868. The monoisotopic (exact) mass is 377 g/mol. The Morgan fingerprint density at radius 1 is 1.30 bits per heavy atom. The van der Waals surface area contributed by atoms with E-state index in [4.69, 9.17) is 0 Å². The third kappa shape index (κ3) is 3.41. The Morgan fingerprint density at radius 2 is 2.11 bits per heavy atom. The summed E-state index contributed by atoms with van der Waals surface area (Å²) < 4.78 is 37.6. The van der Waals surface area contributed by atoms with E-state index >= 15 is 0 Å². The van der Waals surface area contributed by atoms with Crippen LogP contribution in [0.4, 0.5) is 29.5 Å². The highest BCUT2D eigenvalue weighted by atomic mass is 19.4. The lowest BCUT2D eigenvalue weighted by atomic mass is 10.1. The number of nitrogens with one attached hydrogen (secondary N) is 1. The number of alkyl halides is 3. The topological polar surface area (TPSA) is 61.4 Å². The summed E-state index contributed by atoms with van der Waals surface area (Å²) in [5.74, 6) is 0.390. The Labute approximate surface area is 154 Å². The minimum Gasteiger partial charge on any atom is -0.366 e. The smallest absolute Gasteiger partial charge is 0.366 e. The molecule has 1 atom stereocenters. The summed E-state index contributed by atoms with van der Waals surface area (Å²) in [5, 5.41) is 1.97. The Balaban J connectivity index is 1.69. The molecule has 2 bridgehead atoms. The van der Waals surface area contributed by atoms with Crippen molar-refractivity contribution in [3.8, 4) is 11.3 Å². The molecule has 1 N–H and O–H groups in total. The predicted molar refractivity (Wildman–Crippen MR) is 94.8 cm³/mol. The van der Waals surface area contributed by atoms with E-state index in [1.54, 1.807) is 6.20 Å². The molecule has 2 amide bonds. The Kier molecular flexibility index (Phi) is 4.16. The summed E-state index contributed by atoms with van der Waals surface area (Å²) >= 11 is 0. The van der Waals surface area contributed by atoms with Gasteiger partial charge in [0.25, 0.3) is 0 Å². The number of hydrogen-bond donors (Lipinski definition) is 1. The summed E-state index contributed by atoms with van der Waals surface area (Å²) in [7, 11) is 0. The van der Waals surface area contributed by atoms with Gasteiger partial charge in [-0.15, -0.1) is 0 Å². The lowest BCUT2D eigenvalue weighted by Gasteiger charge is -2.36. The second-order valence-corrected chi connectivity index (χ2v) is 6.76. The molecular formula is C18H18F3N5O. The van der Waals surface area contributed by atoms with Crippen LogP contribution in [0.2, 0.25) is 0 Å². The lowest BCUT2D eigenvalue weighted by Crippen LogP contribution is -2.52. The molecular weight excluding hydrogens is 359 g/mol. The fraction of sp³-hybridized carbons (Fsp3) is 0.389. The number of pyridine rings is 2. The maximum atomic E-state index is 12.5. The van der Waals surface area contributed by atoms with Crippen molar-refractivity contribution < 1.29 is 18.0 Å². The molecule has 0 spiro atoms. The van der Waals surface area contributed by atoms with Gasteiger partial charge in [-0.2, -0.15) is 13.2 Å². The quantitative estimate of drug-likeness (QED) is 0.874. The van der Waals surface area contributed by atoms with Crippen LogP contribution >= 0.6 is 0 Å². The Hall–Kier alpha value is -2.84. The third-order valence-corrected chi connectivity index (χ3v) is 4.82. The highest BCUT2D eigenvalue weighted by Gasteiger charge is 2.41. The summed E-state index contributed by atoms with van der Waals surface area (Å²) in [4.78, 5) is 24.9. The number of hydrogen-bond acceptors (Lipinski definition) is 4. The number of amides is 2. The number of carbonyl (C=O) groups excluding carboxylic acids is 1. The molecule has 4 rings (SSSR count). The van der Waals surface area contributed by atoms with Gasteiger partial charge in [-0.25, -0.2) is 9.78 Å². The minimum absolute atomic E-state index is 0.190. The number of nitrogens with zero attached hydrogens (tertiary/aromatic N) is 4. The van der Waals surface area contributed by atoms with Crippen LogP contribution in [0.25, 0.3) is 11.3 Å². The van der Waals surface area contributed by atoms with Crippen LogP contribution in [0.15, 0.2) is 30.5 Å². The molecule has 1 unspecified atom stereocenters. The molecule has 1 fully saturated rings. The van der Waals surface area contributed by atoms with Crippen molar-refractivity contribution in [2.24, 2.45) is 0 Å². The number of aromatic nitrogens is 2. The van der Waals surface area contributed by atoms with Gasteiger partial charge in [-0.05, 0) is 37.6 Å². The van der Waals surface area contributed by atoms with E-state index in [9.17, 15) is 18.0 Å². The molecule has 1 saturated heterocycles. The van der Waals surface area contributed by atoms with Crippen LogP contribution in [0.5, 0.6) is 0 Å². The number of rotatable bonds is 2. The van der Waals surface area contributed by atoms with Gasteiger partial charge in [0.1, 0.15) is 6.54 Å². The SMILES string of the molecule is Cc1ccc(-c2ccc3c(n2)N(C(=O)NCC(F)(F)F)C2CCN3C2)cn1. The van der Waals surface area contributed by atoms with Crippen LogP contribution in [-0.4, -0.2) is 47.9 Å². The molecule has 4 heterocycles.